The van der Waals surface area contributed by atoms with Gasteiger partial charge in [0.25, 0.3) is 0 Å². The van der Waals surface area contributed by atoms with E-state index in [4.69, 9.17) is 5.11 Å². The van der Waals surface area contributed by atoms with Crippen LogP contribution in [0.15, 0.2) is 0 Å². The topological polar surface area (TPSA) is 23.5 Å². The van der Waals surface area contributed by atoms with Crippen LogP contribution >= 0.6 is 15.9 Å². The summed E-state index contributed by atoms with van der Waals surface area (Å²) in [7, 11) is 0. The number of rotatable bonds is 8. The van der Waals surface area contributed by atoms with Gasteiger partial charge in [-0.05, 0) is 31.2 Å². The Balaban J connectivity index is 2.48. The summed E-state index contributed by atoms with van der Waals surface area (Å²) in [6.45, 7) is 5.68. The molecule has 0 aromatic rings. The minimum absolute atomic E-state index is 0.294. The smallest absolute Gasteiger partial charge is 0.0558 e. The van der Waals surface area contributed by atoms with E-state index < -0.39 is 0 Å². The molecule has 0 heterocycles. The minimum atomic E-state index is 0.294. The first-order valence-corrected chi connectivity index (χ1v) is 8.27. The lowest BCUT2D eigenvalue weighted by Crippen LogP contribution is -2.42. The average Bonchev–Trinajstić information content (AvgIpc) is 2.37. The van der Waals surface area contributed by atoms with Crippen LogP contribution in [0.5, 0.6) is 0 Å². The second-order valence-corrected chi connectivity index (χ2v) is 6.11. The van der Waals surface area contributed by atoms with Crippen LogP contribution < -0.4 is 0 Å². The van der Waals surface area contributed by atoms with Crippen molar-refractivity contribution in [1.29, 1.82) is 0 Å². The van der Waals surface area contributed by atoms with Crippen LogP contribution in [-0.2, 0) is 0 Å². The van der Waals surface area contributed by atoms with Gasteiger partial charge in [0, 0.05) is 18.4 Å². The first-order chi connectivity index (χ1) is 8.26. The second kappa shape index (κ2) is 8.49. The van der Waals surface area contributed by atoms with E-state index in [0.29, 0.717) is 12.0 Å². The van der Waals surface area contributed by atoms with Crippen LogP contribution in [0, 0.1) is 5.41 Å². The molecule has 0 aromatic heterocycles. The number of hydrogen-bond donors (Lipinski definition) is 1. The second-order valence-electron chi connectivity index (χ2n) is 5.55. The molecular formula is C14H28BrNO. The summed E-state index contributed by atoms with van der Waals surface area (Å²) < 4.78 is 0. The molecular weight excluding hydrogens is 278 g/mol. The standard InChI is InChI=1S/C14H28BrNO/c1-2-3-9-16(10-11-17)13-14(12-15)7-5-4-6-8-14/h17H,2-13H2,1H3. The fraction of sp³-hybridized carbons (Fsp3) is 1.00. The van der Waals surface area contributed by atoms with Gasteiger partial charge in [-0.1, -0.05) is 48.5 Å². The predicted molar refractivity (Wildman–Crippen MR) is 77.7 cm³/mol. The number of halogens is 1. The summed E-state index contributed by atoms with van der Waals surface area (Å²) in [5.41, 5.74) is 0.473. The van der Waals surface area contributed by atoms with Crippen molar-refractivity contribution in [2.24, 2.45) is 5.41 Å². The Hall–Kier alpha value is 0.400. The maximum absolute atomic E-state index is 9.17. The Morgan fingerprint density at radius 3 is 2.41 bits per heavy atom. The number of unbranched alkanes of at least 4 members (excludes halogenated alkanes) is 1. The zero-order chi connectivity index (χ0) is 12.6. The van der Waals surface area contributed by atoms with Crippen LogP contribution in [0.1, 0.15) is 51.9 Å². The van der Waals surface area contributed by atoms with Crippen LogP contribution in [0.4, 0.5) is 0 Å². The molecule has 0 atom stereocenters. The van der Waals surface area contributed by atoms with E-state index in [1.54, 1.807) is 0 Å². The number of aliphatic hydroxyl groups is 1. The molecule has 1 rings (SSSR count). The van der Waals surface area contributed by atoms with Crippen molar-refractivity contribution in [1.82, 2.24) is 4.90 Å². The van der Waals surface area contributed by atoms with Crippen LogP contribution in [0.2, 0.25) is 0 Å². The van der Waals surface area contributed by atoms with Gasteiger partial charge in [0.05, 0.1) is 6.61 Å². The van der Waals surface area contributed by atoms with E-state index in [-0.39, 0.29) is 0 Å². The van der Waals surface area contributed by atoms with Crippen molar-refractivity contribution < 1.29 is 5.11 Å². The predicted octanol–water partition coefficient (Wildman–Crippen LogP) is 3.43. The van der Waals surface area contributed by atoms with Crippen LogP contribution in [0.25, 0.3) is 0 Å². The molecule has 0 amide bonds. The minimum Gasteiger partial charge on any atom is -0.395 e. The summed E-state index contributed by atoms with van der Waals surface area (Å²) in [6.07, 6.45) is 9.36. The van der Waals surface area contributed by atoms with Crippen LogP contribution in [0.3, 0.4) is 0 Å². The van der Waals surface area contributed by atoms with Gasteiger partial charge in [-0.3, -0.25) is 0 Å². The first kappa shape index (κ1) is 15.5. The third-order valence-corrected chi connectivity index (χ3v) is 5.19. The van der Waals surface area contributed by atoms with E-state index in [2.05, 4.69) is 27.8 Å². The van der Waals surface area contributed by atoms with Gasteiger partial charge in [0.1, 0.15) is 0 Å². The summed E-state index contributed by atoms with van der Waals surface area (Å²) in [6, 6.07) is 0. The molecule has 1 aliphatic rings. The Labute approximate surface area is 115 Å². The number of aliphatic hydroxyl groups excluding tert-OH is 1. The zero-order valence-electron chi connectivity index (χ0n) is 11.3. The van der Waals surface area contributed by atoms with Crippen molar-refractivity contribution in [3.63, 3.8) is 0 Å². The fourth-order valence-electron chi connectivity index (χ4n) is 2.90. The summed E-state index contributed by atoms with van der Waals surface area (Å²) in [4.78, 5) is 2.47. The molecule has 0 unspecified atom stereocenters. The Morgan fingerprint density at radius 1 is 1.18 bits per heavy atom. The molecule has 0 aliphatic heterocycles. The SMILES string of the molecule is CCCCN(CCO)CC1(CBr)CCCCC1. The number of nitrogens with zero attached hydrogens (tertiary/aromatic N) is 1. The number of alkyl halides is 1. The molecule has 0 bridgehead atoms. The Kier molecular flexibility index (Phi) is 7.72. The molecule has 1 aliphatic carbocycles. The zero-order valence-corrected chi connectivity index (χ0v) is 12.8. The largest absolute Gasteiger partial charge is 0.395 e. The molecule has 3 heteroatoms. The highest BCUT2D eigenvalue weighted by molar-refractivity contribution is 9.09. The van der Waals surface area contributed by atoms with E-state index in [1.165, 1.54) is 51.5 Å². The van der Waals surface area contributed by atoms with E-state index >= 15 is 0 Å². The lowest BCUT2D eigenvalue weighted by Gasteiger charge is -2.40. The highest BCUT2D eigenvalue weighted by Crippen LogP contribution is 2.38. The monoisotopic (exact) mass is 305 g/mol. The maximum Gasteiger partial charge on any atom is 0.0558 e. The third-order valence-electron chi connectivity index (χ3n) is 4.00. The highest BCUT2D eigenvalue weighted by Gasteiger charge is 2.32. The van der Waals surface area contributed by atoms with Gasteiger partial charge >= 0.3 is 0 Å². The summed E-state index contributed by atoms with van der Waals surface area (Å²) >= 11 is 3.73. The molecule has 2 nitrogen and oxygen atoms in total. The van der Waals surface area contributed by atoms with Crippen molar-refractivity contribution >= 4 is 15.9 Å². The van der Waals surface area contributed by atoms with Crippen LogP contribution in [-0.4, -0.2) is 41.6 Å². The van der Waals surface area contributed by atoms with Gasteiger partial charge in [-0.15, -0.1) is 0 Å². The lowest BCUT2D eigenvalue weighted by atomic mass is 9.75. The van der Waals surface area contributed by atoms with Crippen molar-refractivity contribution in [3.8, 4) is 0 Å². The van der Waals surface area contributed by atoms with E-state index in [0.717, 1.165) is 18.4 Å². The van der Waals surface area contributed by atoms with Crippen molar-refractivity contribution in [2.75, 3.05) is 31.6 Å². The lowest BCUT2D eigenvalue weighted by molar-refractivity contribution is 0.107. The van der Waals surface area contributed by atoms with Gasteiger partial charge < -0.3 is 10.0 Å². The van der Waals surface area contributed by atoms with Gasteiger partial charge in [-0.2, -0.15) is 0 Å². The summed E-state index contributed by atoms with van der Waals surface area (Å²) in [5, 5.41) is 10.3. The van der Waals surface area contributed by atoms with Gasteiger partial charge in [0.15, 0.2) is 0 Å². The molecule has 0 spiro atoms. The van der Waals surface area contributed by atoms with Gasteiger partial charge in [0.2, 0.25) is 0 Å². The molecule has 17 heavy (non-hydrogen) atoms. The normalized spacial score (nSPS) is 19.8. The first-order valence-electron chi connectivity index (χ1n) is 7.15. The molecule has 1 N–H and O–H groups in total. The Morgan fingerprint density at radius 2 is 1.88 bits per heavy atom. The van der Waals surface area contributed by atoms with E-state index in [9.17, 15) is 0 Å². The Bertz CT molecular complexity index is 193. The van der Waals surface area contributed by atoms with E-state index in [1.807, 2.05) is 0 Å². The maximum atomic E-state index is 9.17. The molecule has 1 saturated carbocycles. The molecule has 0 aromatic carbocycles. The highest BCUT2D eigenvalue weighted by atomic mass is 79.9. The molecule has 102 valence electrons. The fourth-order valence-corrected chi connectivity index (χ4v) is 3.64. The van der Waals surface area contributed by atoms with Gasteiger partial charge in [-0.25, -0.2) is 0 Å². The molecule has 0 saturated heterocycles. The van der Waals surface area contributed by atoms with Crippen molar-refractivity contribution in [2.45, 2.75) is 51.9 Å². The third kappa shape index (κ3) is 5.27. The molecule has 0 radical (unpaired) electrons. The summed E-state index contributed by atoms with van der Waals surface area (Å²) in [5.74, 6) is 0. The average molecular weight is 306 g/mol. The van der Waals surface area contributed by atoms with Crippen molar-refractivity contribution in [3.05, 3.63) is 0 Å². The quantitative estimate of drug-likeness (QED) is 0.695. The number of hydrogen-bond acceptors (Lipinski definition) is 2. The molecule has 1 fully saturated rings.